The molecule has 2 amide bonds. The van der Waals surface area contributed by atoms with Gasteiger partial charge in [0.1, 0.15) is 11.4 Å². The van der Waals surface area contributed by atoms with Crippen molar-refractivity contribution in [1.29, 1.82) is 0 Å². The maximum absolute atomic E-state index is 13.4. The van der Waals surface area contributed by atoms with Crippen molar-refractivity contribution in [2.24, 2.45) is 5.92 Å². The number of amides is 2. The molecule has 0 spiro atoms. The summed E-state index contributed by atoms with van der Waals surface area (Å²) in [6.45, 7) is 8.61. The molecule has 2 N–H and O–H groups in total. The number of halogens is 1. The summed E-state index contributed by atoms with van der Waals surface area (Å²) in [5.74, 6) is -1.49. The first-order chi connectivity index (χ1) is 14.8. The van der Waals surface area contributed by atoms with E-state index < -0.39 is 27.4 Å². The molecule has 0 fully saturated rings. The van der Waals surface area contributed by atoms with Crippen LogP contribution in [-0.4, -0.2) is 38.3 Å². The first-order valence-corrected chi connectivity index (χ1v) is 11.8. The third kappa shape index (κ3) is 9.05. The molecule has 0 radical (unpaired) electrons. The topological polar surface area (TPSA) is 102 Å². The molecule has 0 unspecified atom stereocenters. The molecule has 0 aliphatic heterocycles. The van der Waals surface area contributed by atoms with E-state index in [9.17, 15) is 22.4 Å². The highest BCUT2D eigenvalue weighted by Gasteiger charge is 2.22. The minimum absolute atomic E-state index is 0. The van der Waals surface area contributed by atoms with Crippen molar-refractivity contribution in [3.05, 3.63) is 59.4 Å². The van der Waals surface area contributed by atoms with E-state index in [0.29, 0.717) is 11.3 Å². The van der Waals surface area contributed by atoms with Crippen molar-refractivity contribution in [2.75, 3.05) is 17.6 Å². The van der Waals surface area contributed by atoms with Gasteiger partial charge in [-0.15, -0.1) is 0 Å². The zero-order valence-corrected chi connectivity index (χ0v) is 21.2. The van der Waals surface area contributed by atoms with Gasteiger partial charge in [-0.3, -0.25) is 4.79 Å². The predicted molar refractivity (Wildman–Crippen MR) is 131 cm³/mol. The Hall–Kier alpha value is -2.59. The Morgan fingerprint density at radius 3 is 2.39 bits per heavy atom. The van der Waals surface area contributed by atoms with Crippen molar-refractivity contribution < 1.29 is 27.1 Å². The van der Waals surface area contributed by atoms with Crippen LogP contribution >= 0.6 is 13.5 Å². The number of aryl methyl sites for hydroxylation is 1. The summed E-state index contributed by atoms with van der Waals surface area (Å²) in [5, 5.41) is 5.20. The first-order valence-electron chi connectivity index (χ1n) is 10.1. The molecule has 0 saturated heterocycles. The van der Waals surface area contributed by atoms with Gasteiger partial charge >= 0.3 is 6.09 Å². The SMILES string of the molecule is Cc1cc(NC(=O)c2cccc(S(=O)(=O)C[C@@H](C)CNC(=O)OC(C)(C)C)c2)ccc1F.S. The molecule has 10 heteroatoms. The van der Waals surface area contributed by atoms with Crippen LogP contribution in [0.4, 0.5) is 14.9 Å². The molecule has 0 aliphatic rings. The number of alkyl carbamates (subject to hydrolysis) is 1. The lowest BCUT2D eigenvalue weighted by molar-refractivity contribution is 0.0521. The van der Waals surface area contributed by atoms with Crippen LogP contribution in [-0.2, 0) is 14.6 Å². The Bertz CT molecular complexity index is 1100. The van der Waals surface area contributed by atoms with Gasteiger partial charge in [-0.2, -0.15) is 13.5 Å². The van der Waals surface area contributed by atoms with Crippen molar-refractivity contribution in [3.8, 4) is 0 Å². The molecule has 1 atom stereocenters. The summed E-state index contributed by atoms with van der Waals surface area (Å²) in [6, 6.07) is 9.88. The van der Waals surface area contributed by atoms with E-state index in [1.54, 1.807) is 34.6 Å². The Morgan fingerprint density at radius 1 is 1.12 bits per heavy atom. The summed E-state index contributed by atoms with van der Waals surface area (Å²) in [4.78, 5) is 24.3. The Labute approximate surface area is 201 Å². The van der Waals surface area contributed by atoms with Gasteiger partial charge in [-0.25, -0.2) is 17.6 Å². The molecule has 0 aliphatic carbocycles. The number of carbonyl (C=O) groups excluding carboxylic acids is 2. The van der Waals surface area contributed by atoms with Gasteiger partial charge in [-0.05, 0) is 75.6 Å². The fourth-order valence-corrected chi connectivity index (χ4v) is 4.51. The van der Waals surface area contributed by atoms with Crippen LogP contribution in [0.1, 0.15) is 43.6 Å². The lowest BCUT2D eigenvalue weighted by atomic mass is 10.2. The van der Waals surface area contributed by atoms with Gasteiger partial charge in [0, 0.05) is 17.8 Å². The largest absolute Gasteiger partial charge is 0.444 e. The monoisotopic (exact) mass is 498 g/mol. The molecule has 7 nitrogen and oxygen atoms in total. The maximum Gasteiger partial charge on any atom is 0.407 e. The number of nitrogens with one attached hydrogen (secondary N) is 2. The molecule has 33 heavy (non-hydrogen) atoms. The number of hydrogen-bond acceptors (Lipinski definition) is 5. The highest BCUT2D eigenvalue weighted by molar-refractivity contribution is 7.91. The van der Waals surface area contributed by atoms with Crippen LogP contribution in [0.5, 0.6) is 0 Å². The van der Waals surface area contributed by atoms with Gasteiger partial charge in [-0.1, -0.05) is 13.0 Å². The minimum Gasteiger partial charge on any atom is -0.444 e. The number of anilines is 1. The molecular formula is C23H31FN2O5S2. The molecular weight excluding hydrogens is 467 g/mol. The molecule has 2 aromatic rings. The zero-order chi connectivity index (χ0) is 24.1. The minimum atomic E-state index is -3.71. The second kappa shape index (κ2) is 11.5. The summed E-state index contributed by atoms with van der Waals surface area (Å²) in [6.07, 6.45) is -0.614. The van der Waals surface area contributed by atoms with Crippen LogP contribution in [0.2, 0.25) is 0 Å². The van der Waals surface area contributed by atoms with Gasteiger partial charge in [0.25, 0.3) is 5.91 Å². The molecule has 2 aromatic carbocycles. The molecule has 2 rings (SSSR count). The summed E-state index contributed by atoms with van der Waals surface area (Å²) < 4.78 is 44.2. The molecule has 182 valence electrons. The molecule has 0 bridgehead atoms. The lowest BCUT2D eigenvalue weighted by Crippen LogP contribution is -2.36. The first kappa shape index (κ1) is 28.4. The van der Waals surface area contributed by atoms with Crippen molar-refractivity contribution in [3.63, 3.8) is 0 Å². The fourth-order valence-electron chi connectivity index (χ4n) is 2.86. The van der Waals surface area contributed by atoms with Crippen LogP contribution in [0.15, 0.2) is 47.4 Å². The second-order valence-corrected chi connectivity index (χ2v) is 10.7. The van der Waals surface area contributed by atoms with Crippen molar-refractivity contribution in [1.82, 2.24) is 5.32 Å². The Kier molecular flexibility index (Phi) is 9.92. The van der Waals surface area contributed by atoms with E-state index in [4.69, 9.17) is 4.74 Å². The number of sulfone groups is 1. The van der Waals surface area contributed by atoms with Gasteiger partial charge in [0.2, 0.25) is 0 Å². The highest BCUT2D eigenvalue weighted by Crippen LogP contribution is 2.19. The summed E-state index contributed by atoms with van der Waals surface area (Å²) in [5.41, 5.74) is 0.303. The van der Waals surface area contributed by atoms with Crippen LogP contribution in [0.3, 0.4) is 0 Å². The number of hydrogen-bond donors (Lipinski definition) is 2. The van der Waals surface area contributed by atoms with Crippen LogP contribution in [0, 0.1) is 18.7 Å². The third-order valence-electron chi connectivity index (χ3n) is 4.37. The van der Waals surface area contributed by atoms with E-state index in [1.807, 2.05) is 0 Å². The number of rotatable bonds is 7. The lowest BCUT2D eigenvalue weighted by Gasteiger charge is -2.20. The summed E-state index contributed by atoms with van der Waals surface area (Å²) in [7, 11) is -3.71. The normalized spacial score (nSPS) is 12.3. The van der Waals surface area contributed by atoms with E-state index in [1.165, 1.54) is 42.5 Å². The second-order valence-electron chi connectivity index (χ2n) is 8.72. The number of ether oxygens (including phenoxy) is 1. The standard InChI is InChI=1S/C23H29FN2O5S.H2S/c1-15(13-25-22(28)31-23(3,4)5)14-32(29,30)19-8-6-7-17(12-19)21(27)26-18-9-10-20(24)16(2)11-18;/h6-12,15H,13-14H2,1-5H3,(H,25,28)(H,26,27);1H2/t15-;/m0./s1. The third-order valence-corrected chi connectivity index (χ3v) is 6.35. The average molecular weight is 499 g/mol. The number of benzene rings is 2. The number of carbonyl (C=O) groups is 2. The van der Waals surface area contributed by atoms with E-state index >= 15 is 0 Å². The van der Waals surface area contributed by atoms with Crippen LogP contribution in [0.25, 0.3) is 0 Å². The predicted octanol–water partition coefficient (Wildman–Crippen LogP) is 4.43. The van der Waals surface area contributed by atoms with E-state index in [2.05, 4.69) is 10.6 Å². The molecule has 0 heterocycles. The van der Waals surface area contributed by atoms with E-state index in [-0.39, 0.29) is 48.0 Å². The Morgan fingerprint density at radius 2 is 1.79 bits per heavy atom. The zero-order valence-electron chi connectivity index (χ0n) is 19.4. The Balaban J connectivity index is 0.00000544. The quantitative estimate of drug-likeness (QED) is 0.588. The van der Waals surface area contributed by atoms with Crippen molar-refractivity contribution in [2.45, 2.75) is 45.1 Å². The summed E-state index contributed by atoms with van der Waals surface area (Å²) >= 11 is 0. The molecule has 0 saturated carbocycles. The van der Waals surface area contributed by atoms with Crippen molar-refractivity contribution >= 4 is 41.0 Å². The van der Waals surface area contributed by atoms with Gasteiger partial charge in [0.05, 0.1) is 10.6 Å². The fraction of sp³-hybridized carbons (Fsp3) is 0.391. The van der Waals surface area contributed by atoms with Gasteiger partial charge < -0.3 is 15.4 Å². The van der Waals surface area contributed by atoms with Crippen LogP contribution < -0.4 is 10.6 Å². The highest BCUT2D eigenvalue weighted by atomic mass is 32.2. The van der Waals surface area contributed by atoms with E-state index in [0.717, 1.165) is 0 Å². The molecule has 0 aromatic heterocycles. The maximum atomic E-state index is 13.4. The van der Waals surface area contributed by atoms with Gasteiger partial charge in [0.15, 0.2) is 9.84 Å². The smallest absolute Gasteiger partial charge is 0.407 e. The average Bonchev–Trinajstić information content (AvgIpc) is 2.68.